The highest BCUT2D eigenvalue weighted by molar-refractivity contribution is 5.72. The molecule has 0 aliphatic heterocycles. The largest absolute Gasteiger partial charge is 0.443 e. The molecule has 0 spiro atoms. The van der Waals surface area contributed by atoms with Crippen molar-refractivity contribution in [2.45, 2.75) is 25.4 Å². The lowest BCUT2D eigenvalue weighted by atomic mass is 10.0. The predicted octanol–water partition coefficient (Wildman–Crippen LogP) is 1.83. The molecule has 1 heterocycles. The van der Waals surface area contributed by atoms with Crippen LogP contribution in [0.1, 0.15) is 24.9 Å². The first-order chi connectivity index (χ1) is 7.70. The first kappa shape index (κ1) is 11.1. The Morgan fingerprint density at radius 1 is 1.50 bits per heavy atom. The van der Waals surface area contributed by atoms with Crippen LogP contribution in [0, 0.1) is 0 Å². The molecule has 0 aliphatic carbocycles. The molecule has 16 heavy (non-hydrogen) atoms. The van der Waals surface area contributed by atoms with E-state index in [0.717, 1.165) is 17.5 Å². The van der Waals surface area contributed by atoms with E-state index in [4.69, 9.17) is 10.2 Å². The van der Waals surface area contributed by atoms with Gasteiger partial charge in [-0.05, 0) is 38.1 Å². The number of rotatable bonds is 4. The van der Waals surface area contributed by atoms with Gasteiger partial charge < -0.3 is 15.5 Å². The van der Waals surface area contributed by atoms with Gasteiger partial charge in [-0.1, -0.05) is 6.07 Å². The Morgan fingerprint density at radius 2 is 2.31 bits per heavy atom. The fraction of sp³-hybridized carbons (Fsp3) is 0.417. The Bertz CT molecular complexity index is 464. The first-order valence-corrected chi connectivity index (χ1v) is 5.46. The molecule has 2 aromatic rings. The van der Waals surface area contributed by atoms with E-state index in [2.05, 4.69) is 16.4 Å². The quantitative estimate of drug-likeness (QED) is 0.823. The predicted molar refractivity (Wildman–Crippen MR) is 64.1 cm³/mol. The molecule has 1 aromatic carbocycles. The summed E-state index contributed by atoms with van der Waals surface area (Å²) in [5.74, 6) is 0. The molecule has 0 amide bonds. The van der Waals surface area contributed by atoms with Gasteiger partial charge in [0.1, 0.15) is 5.52 Å². The molecule has 2 atom stereocenters. The fourth-order valence-electron chi connectivity index (χ4n) is 1.88. The third kappa shape index (κ3) is 2.23. The van der Waals surface area contributed by atoms with Crippen molar-refractivity contribution in [3.8, 4) is 0 Å². The van der Waals surface area contributed by atoms with E-state index >= 15 is 0 Å². The average Bonchev–Trinajstić information content (AvgIpc) is 2.72. The Hall–Kier alpha value is -1.39. The molecule has 0 saturated heterocycles. The minimum Gasteiger partial charge on any atom is -0.443 e. The van der Waals surface area contributed by atoms with E-state index in [1.807, 2.05) is 26.1 Å². The number of hydrogen-bond donors (Lipinski definition) is 2. The molecule has 0 radical (unpaired) electrons. The van der Waals surface area contributed by atoms with Crippen LogP contribution in [-0.2, 0) is 0 Å². The van der Waals surface area contributed by atoms with Crippen LogP contribution in [-0.4, -0.2) is 18.1 Å². The zero-order valence-corrected chi connectivity index (χ0v) is 9.60. The number of benzene rings is 1. The molecule has 2 unspecified atom stereocenters. The van der Waals surface area contributed by atoms with Gasteiger partial charge in [0.15, 0.2) is 12.0 Å². The van der Waals surface area contributed by atoms with Gasteiger partial charge in [0.2, 0.25) is 0 Å². The van der Waals surface area contributed by atoms with E-state index in [1.165, 1.54) is 12.0 Å². The summed E-state index contributed by atoms with van der Waals surface area (Å²) in [6.07, 6.45) is 2.37. The van der Waals surface area contributed by atoms with Gasteiger partial charge in [-0.2, -0.15) is 0 Å². The fourth-order valence-corrected chi connectivity index (χ4v) is 1.88. The standard InChI is InChI=1S/C12H17N3O/c1-8(13)5-11(14-2)9-3-4-10-12(6-9)16-7-15-10/h3-4,6-8,11,14H,5,13H2,1-2H3. The van der Waals surface area contributed by atoms with Crippen molar-refractivity contribution in [3.05, 3.63) is 30.2 Å². The van der Waals surface area contributed by atoms with Gasteiger partial charge in [0, 0.05) is 12.1 Å². The first-order valence-electron chi connectivity index (χ1n) is 5.46. The molecule has 4 heteroatoms. The summed E-state index contributed by atoms with van der Waals surface area (Å²) in [5, 5.41) is 3.26. The number of nitrogens with two attached hydrogens (primary N) is 1. The van der Waals surface area contributed by atoms with Crippen LogP contribution in [0.5, 0.6) is 0 Å². The van der Waals surface area contributed by atoms with Crippen molar-refractivity contribution in [2.75, 3.05) is 7.05 Å². The molecule has 86 valence electrons. The lowest BCUT2D eigenvalue weighted by Gasteiger charge is -2.18. The summed E-state index contributed by atoms with van der Waals surface area (Å²) in [4.78, 5) is 4.09. The molecule has 0 aliphatic rings. The lowest BCUT2D eigenvalue weighted by molar-refractivity contribution is 0.498. The zero-order valence-electron chi connectivity index (χ0n) is 9.60. The Labute approximate surface area is 94.8 Å². The van der Waals surface area contributed by atoms with E-state index in [0.29, 0.717) is 0 Å². The number of nitrogens with zero attached hydrogens (tertiary/aromatic N) is 1. The smallest absolute Gasteiger partial charge is 0.181 e. The second-order valence-corrected chi connectivity index (χ2v) is 4.13. The Balaban J connectivity index is 2.29. The van der Waals surface area contributed by atoms with Gasteiger partial charge in [0.05, 0.1) is 0 Å². The number of aromatic nitrogens is 1. The van der Waals surface area contributed by atoms with Crippen molar-refractivity contribution in [1.82, 2.24) is 10.3 Å². The lowest BCUT2D eigenvalue weighted by Crippen LogP contribution is -2.25. The molecule has 4 nitrogen and oxygen atoms in total. The normalized spacial score (nSPS) is 15.2. The maximum Gasteiger partial charge on any atom is 0.181 e. The molecule has 0 bridgehead atoms. The molecular weight excluding hydrogens is 202 g/mol. The molecule has 3 N–H and O–H groups in total. The topological polar surface area (TPSA) is 64.1 Å². The van der Waals surface area contributed by atoms with E-state index in [9.17, 15) is 0 Å². The van der Waals surface area contributed by atoms with Gasteiger partial charge in [-0.15, -0.1) is 0 Å². The summed E-state index contributed by atoms with van der Waals surface area (Å²) in [5.41, 5.74) is 8.72. The summed E-state index contributed by atoms with van der Waals surface area (Å²) in [6, 6.07) is 6.48. The van der Waals surface area contributed by atoms with Crippen LogP contribution in [0.2, 0.25) is 0 Å². The molecule has 0 fully saturated rings. The van der Waals surface area contributed by atoms with Crippen molar-refractivity contribution < 1.29 is 4.42 Å². The average molecular weight is 219 g/mol. The third-order valence-corrected chi connectivity index (χ3v) is 2.71. The highest BCUT2D eigenvalue weighted by Crippen LogP contribution is 2.22. The number of nitrogens with one attached hydrogen (secondary N) is 1. The van der Waals surface area contributed by atoms with Crippen LogP contribution in [0.3, 0.4) is 0 Å². The number of fused-ring (bicyclic) bond motifs is 1. The minimum atomic E-state index is 0.169. The van der Waals surface area contributed by atoms with Crippen LogP contribution >= 0.6 is 0 Å². The van der Waals surface area contributed by atoms with Crippen LogP contribution in [0.15, 0.2) is 29.0 Å². The van der Waals surface area contributed by atoms with Crippen LogP contribution < -0.4 is 11.1 Å². The summed E-state index contributed by atoms with van der Waals surface area (Å²) in [6.45, 7) is 2.01. The van der Waals surface area contributed by atoms with E-state index in [1.54, 1.807) is 0 Å². The highest BCUT2D eigenvalue weighted by Gasteiger charge is 2.12. The van der Waals surface area contributed by atoms with Crippen molar-refractivity contribution >= 4 is 11.1 Å². The molecule has 2 rings (SSSR count). The second-order valence-electron chi connectivity index (χ2n) is 4.13. The SMILES string of the molecule is CNC(CC(C)N)c1ccc2ncoc2c1. The van der Waals surface area contributed by atoms with Crippen LogP contribution in [0.4, 0.5) is 0 Å². The van der Waals surface area contributed by atoms with Gasteiger partial charge in [0.25, 0.3) is 0 Å². The Morgan fingerprint density at radius 3 is 3.00 bits per heavy atom. The van der Waals surface area contributed by atoms with E-state index in [-0.39, 0.29) is 12.1 Å². The third-order valence-electron chi connectivity index (χ3n) is 2.71. The zero-order chi connectivity index (χ0) is 11.5. The number of oxazole rings is 1. The molecule has 1 aromatic heterocycles. The monoisotopic (exact) mass is 219 g/mol. The highest BCUT2D eigenvalue weighted by atomic mass is 16.3. The van der Waals surface area contributed by atoms with Gasteiger partial charge in [-0.25, -0.2) is 4.98 Å². The number of hydrogen-bond acceptors (Lipinski definition) is 4. The summed E-state index contributed by atoms with van der Waals surface area (Å²) in [7, 11) is 1.94. The van der Waals surface area contributed by atoms with Crippen LogP contribution in [0.25, 0.3) is 11.1 Å². The van der Waals surface area contributed by atoms with Gasteiger partial charge in [-0.3, -0.25) is 0 Å². The van der Waals surface area contributed by atoms with Crippen molar-refractivity contribution in [3.63, 3.8) is 0 Å². The Kier molecular flexibility index (Phi) is 3.22. The molecular formula is C12H17N3O. The summed E-state index contributed by atoms with van der Waals surface area (Å²) >= 11 is 0. The van der Waals surface area contributed by atoms with E-state index < -0.39 is 0 Å². The van der Waals surface area contributed by atoms with Gasteiger partial charge >= 0.3 is 0 Å². The van der Waals surface area contributed by atoms with Crippen molar-refractivity contribution in [1.29, 1.82) is 0 Å². The summed E-state index contributed by atoms with van der Waals surface area (Å²) < 4.78 is 5.29. The van der Waals surface area contributed by atoms with Crippen molar-refractivity contribution in [2.24, 2.45) is 5.73 Å². The minimum absolute atomic E-state index is 0.169. The maximum atomic E-state index is 5.82. The molecule has 0 saturated carbocycles. The maximum absolute atomic E-state index is 5.82. The second kappa shape index (κ2) is 4.63.